The van der Waals surface area contributed by atoms with Gasteiger partial charge in [0, 0.05) is 30.0 Å². The Hall–Kier alpha value is -2.81. The number of amides is 1. The molecule has 29 heavy (non-hydrogen) atoms. The molecule has 0 unspecified atom stereocenters. The van der Waals surface area contributed by atoms with Crippen molar-refractivity contribution in [3.8, 4) is 0 Å². The summed E-state index contributed by atoms with van der Waals surface area (Å²) in [7, 11) is 1.50. The Morgan fingerprint density at radius 2 is 1.72 bits per heavy atom. The number of hydrogen-bond acceptors (Lipinski definition) is 5. The molecule has 0 aliphatic heterocycles. The van der Waals surface area contributed by atoms with Crippen LogP contribution in [0.4, 0.5) is 13.2 Å². The maximum atomic E-state index is 13.2. The molecule has 0 radical (unpaired) electrons. The molecule has 2 aromatic rings. The van der Waals surface area contributed by atoms with Gasteiger partial charge >= 0.3 is 6.18 Å². The number of carbonyl (C=O) groups excluding carboxylic acids is 1. The largest absolute Gasteiger partial charge is 0.417 e. The molecule has 0 bridgehead atoms. The molecule has 0 heterocycles. The minimum Gasteiger partial charge on any atom is -0.391 e. The van der Waals surface area contributed by atoms with Gasteiger partial charge in [0.15, 0.2) is 0 Å². The third kappa shape index (κ3) is 5.83. The minimum atomic E-state index is -4.49. The summed E-state index contributed by atoms with van der Waals surface area (Å²) in [5.74, 6) is -0.356. The zero-order valence-corrected chi connectivity index (χ0v) is 16.9. The van der Waals surface area contributed by atoms with Crippen LogP contribution < -0.4 is 5.32 Å². The second-order valence-corrected chi connectivity index (χ2v) is 6.40. The lowest BCUT2D eigenvalue weighted by Crippen LogP contribution is -2.29. The molecule has 1 N–H and O–H groups in total. The number of nitrogens with zero attached hydrogens (tertiary/aromatic N) is 2. The molecular weight excluding hydrogens is 403 g/mol. The van der Waals surface area contributed by atoms with E-state index in [0.717, 1.165) is 18.0 Å². The van der Waals surface area contributed by atoms with Crippen LogP contribution in [0.3, 0.4) is 0 Å². The molecule has 0 spiro atoms. The van der Waals surface area contributed by atoms with E-state index in [4.69, 9.17) is 4.84 Å². The van der Waals surface area contributed by atoms with Crippen molar-refractivity contribution in [2.75, 3.05) is 13.3 Å². The van der Waals surface area contributed by atoms with E-state index in [1.807, 2.05) is 0 Å². The Balaban J connectivity index is 2.26. The second kappa shape index (κ2) is 10.1. The molecule has 0 atom stereocenters. The van der Waals surface area contributed by atoms with Crippen LogP contribution in [0.25, 0.3) is 0 Å². The van der Waals surface area contributed by atoms with E-state index in [-0.39, 0.29) is 29.5 Å². The third-order valence-electron chi connectivity index (χ3n) is 3.94. The molecule has 0 saturated carbocycles. The lowest BCUT2D eigenvalue weighted by Gasteiger charge is -2.13. The minimum absolute atomic E-state index is 0.0356. The number of oxime groups is 1. The van der Waals surface area contributed by atoms with Gasteiger partial charge in [-0.05, 0) is 24.9 Å². The van der Waals surface area contributed by atoms with Crippen molar-refractivity contribution in [1.29, 1.82) is 0 Å². The van der Waals surface area contributed by atoms with E-state index >= 15 is 0 Å². The molecule has 0 aliphatic carbocycles. The summed E-state index contributed by atoms with van der Waals surface area (Å²) in [5.41, 5.74) is 0.680. The van der Waals surface area contributed by atoms with Crippen molar-refractivity contribution in [3.63, 3.8) is 0 Å². The highest BCUT2D eigenvalue weighted by atomic mass is 32.2. The highest BCUT2D eigenvalue weighted by molar-refractivity contribution is 7.97. The normalized spacial score (nSPS) is 12.6. The first-order chi connectivity index (χ1) is 13.8. The van der Waals surface area contributed by atoms with Crippen molar-refractivity contribution in [2.24, 2.45) is 9.55 Å². The Bertz CT molecular complexity index is 927. The summed E-state index contributed by atoms with van der Waals surface area (Å²) in [6.07, 6.45) is -2.76. The molecule has 0 saturated heterocycles. The first-order valence-corrected chi connectivity index (χ1v) is 9.72. The lowest BCUT2D eigenvalue weighted by atomic mass is 10.0. The second-order valence-electron chi connectivity index (χ2n) is 5.85. The van der Waals surface area contributed by atoms with E-state index in [1.165, 1.54) is 32.2 Å². The molecular formula is C20H20F3N3O2S. The van der Waals surface area contributed by atoms with Gasteiger partial charge in [-0.25, -0.2) is 4.40 Å². The topological polar surface area (TPSA) is 63.0 Å². The zero-order valence-electron chi connectivity index (χ0n) is 16.1. The van der Waals surface area contributed by atoms with Gasteiger partial charge in [0.05, 0.1) is 11.3 Å². The van der Waals surface area contributed by atoms with Gasteiger partial charge in [0.1, 0.15) is 12.3 Å². The van der Waals surface area contributed by atoms with Gasteiger partial charge in [-0.2, -0.15) is 13.2 Å². The number of hydrogen-bond donors (Lipinski definition) is 1. The average molecular weight is 423 g/mol. The number of rotatable bonds is 7. The van der Waals surface area contributed by atoms with Crippen LogP contribution in [0.5, 0.6) is 0 Å². The lowest BCUT2D eigenvalue weighted by molar-refractivity contribution is -0.137. The van der Waals surface area contributed by atoms with E-state index in [9.17, 15) is 18.0 Å². The summed E-state index contributed by atoms with van der Waals surface area (Å²) >= 11 is 1.14. The van der Waals surface area contributed by atoms with Gasteiger partial charge in [-0.3, -0.25) is 4.79 Å². The van der Waals surface area contributed by atoms with Crippen LogP contribution in [0.1, 0.15) is 29.2 Å². The van der Waals surface area contributed by atoms with Crippen LogP contribution in [0.2, 0.25) is 0 Å². The van der Waals surface area contributed by atoms with Crippen molar-refractivity contribution in [1.82, 2.24) is 5.32 Å². The van der Waals surface area contributed by atoms with Crippen LogP contribution in [-0.2, 0) is 22.4 Å². The smallest absolute Gasteiger partial charge is 0.391 e. The third-order valence-corrected chi connectivity index (χ3v) is 4.31. The number of benzene rings is 2. The number of carbonyl (C=O) groups is 1. The fraction of sp³-hybridized carbons (Fsp3) is 0.250. The van der Waals surface area contributed by atoms with Crippen LogP contribution in [0.15, 0.2) is 58.1 Å². The van der Waals surface area contributed by atoms with Gasteiger partial charge in [0.25, 0.3) is 5.91 Å². The van der Waals surface area contributed by atoms with Crippen molar-refractivity contribution < 1.29 is 22.8 Å². The molecule has 5 nitrogen and oxygen atoms in total. The number of likely N-dealkylation sites (N-methyl/N-ethyl adjacent to an activating group) is 1. The van der Waals surface area contributed by atoms with Crippen LogP contribution in [-0.4, -0.2) is 30.6 Å². The van der Waals surface area contributed by atoms with Gasteiger partial charge < -0.3 is 10.2 Å². The Labute approximate surface area is 171 Å². The molecule has 9 heteroatoms. The maximum absolute atomic E-state index is 13.2. The van der Waals surface area contributed by atoms with Crippen LogP contribution >= 0.6 is 11.9 Å². The molecule has 2 rings (SSSR count). The van der Waals surface area contributed by atoms with Gasteiger partial charge in [-0.15, -0.1) is 0 Å². The quantitative estimate of drug-likeness (QED) is 0.406. The zero-order chi connectivity index (χ0) is 21.4. The Morgan fingerprint density at radius 1 is 1.10 bits per heavy atom. The van der Waals surface area contributed by atoms with Crippen molar-refractivity contribution in [2.45, 2.75) is 19.7 Å². The average Bonchev–Trinajstić information content (AvgIpc) is 2.71. The monoisotopic (exact) mass is 423 g/mol. The fourth-order valence-corrected chi connectivity index (χ4v) is 2.96. The standard InChI is InChI=1S/C20H20F3N3O2S/c1-13(15-9-6-7-11-17(15)20(21,22)23)25-28-12-14-8-4-5-10-16(14)18(26-29-3)19(27)24-2/h4-11H,12H2,1-3H3,(H,24,27). The molecule has 0 aromatic heterocycles. The predicted molar refractivity (Wildman–Crippen MR) is 109 cm³/mol. The SMILES string of the molecule is CNC(=O)C(=NSC)c1ccccc1CON=C(C)c1ccccc1C(F)(F)F. The molecule has 0 aliphatic rings. The van der Waals surface area contributed by atoms with Gasteiger partial charge in [0.2, 0.25) is 0 Å². The number of alkyl halides is 3. The maximum Gasteiger partial charge on any atom is 0.417 e. The summed E-state index contributed by atoms with van der Waals surface area (Å²) in [4.78, 5) is 17.4. The number of halogens is 3. The summed E-state index contributed by atoms with van der Waals surface area (Å²) in [6, 6.07) is 12.1. The summed E-state index contributed by atoms with van der Waals surface area (Å²) in [5, 5.41) is 6.38. The first-order valence-electron chi connectivity index (χ1n) is 8.54. The summed E-state index contributed by atoms with van der Waals surface area (Å²) in [6.45, 7) is 1.41. The predicted octanol–water partition coefficient (Wildman–Crippen LogP) is 4.46. The molecule has 0 fully saturated rings. The van der Waals surface area contributed by atoms with E-state index in [1.54, 1.807) is 30.5 Å². The van der Waals surface area contributed by atoms with E-state index < -0.39 is 11.7 Å². The highest BCUT2D eigenvalue weighted by Crippen LogP contribution is 2.32. The van der Waals surface area contributed by atoms with E-state index in [2.05, 4.69) is 14.9 Å². The Morgan fingerprint density at radius 3 is 2.34 bits per heavy atom. The van der Waals surface area contributed by atoms with E-state index in [0.29, 0.717) is 11.1 Å². The fourth-order valence-electron chi connectivity index (χ4n) is 2.59. The van der Waals surface area contributed by atoms with Crippen molar-refractivity contribution in [3.05, 3.63) is 70.8 Å². The van der Waals surface area contributed by atoms with Gasteiger partial charge in [-0.1, -0.05) is 47.6 Å². The molecule has 1 amide bonds. The highest BCUT2D eigenvalue weighted by Gasteiger charge is 2.33. The molecule has 154 valence electrons. The number of nitrogens with one attached hydrogen (secondary N) is 1. The Kier molecular flexibility index (Phi) is 7.83. The first kappa shape index (κ1) is 22.5. The summed E-state index contributed by atoms with van der Waals surface area (Å²) < 4.78 is 43.7. The van der Waals surface area contributed by atoms with Crippen molar-refractivity contribution >= 4 is 29.3 Å². The molecule has 2 aromatic carbocycles. The van der Waals surface area contributed by atoms with Crippen LogP contribution in [0, 0.1) is 0 Å².